The molecule has 2 heterocycles. The van der Waals surface area contributed by atoms with Crippen molar-refractivity contribution in [1.29, 1.82) is 0 Å². The standard InChI is InChI=1S/C15H13Cl3N2O3S2/c16-9-3-1-4-10(14(9)18)19-15(21)11-5-2-8-20(11)25(22,23)13-7-6-12(17)24-13/h1,3-4,6-7,11H,2,5,8H2,(H,19,21). The van der Waals surface area contributed by atoms with Crippen LogP contribution in [0.2, 0.25) is 14.4 Å². The van der Waals surface area contributed by atoms with Gasteiger partial charge in [0.05, 0.1) is 20.1 Å². The lowest BCUT2D eigenvalue weighted by Gasteiger charge is -2.23. The van der Waals surface area contributed by atoms with Gasteiger partial charge in [-0.15, -0.1) is 11.3 Å². The molecule has 0 spiro atoms. The maximum Gasteiger partial charge on any atom is 0.253 e. The molecule has 1 aromatic heterocycles. The van der Waals surface area contributed by atoms with E-state index in [-0.39, 0.29) is 15.8 Å². The smallest absolute Gasteiger partial charge is 0.253 e. The molecule has 1 aliphatic rings. The van der Waals surface area contributed by atoms with Crippen LogP contribution in [-0.4, -0.2) is 31.2 Å². The summed E-state index contributed by atoms with van der Waals surface area (Å²) >= 11 is 18.8. The van der Waals surface area contributed by atoms with Gasteiger partial charge in [-0.05, 0) is 37.1 Å². The fourth-order valence-corrected chi connectivity index (χ4v) is 6.27. The molecule has 1 amide bonds. The van der Waals surface area contributed by atoms with E-state index in [9.17, 15) is 13.2 Å². The van der Waals surface area contributed by atoms with Crippen molar-refractivity contribution >= 4 is 67.8 Å². The van der Waals surface area contributed by atoms with Gasteiger partial charge in [0.1, 0.15) is 10.3 Å². The van der Waals surface area contributed by atoms with Crippen LogP contribution >= 0.6 is 46.1 Å². The van der Waals surface area contributed by atoms with Crippen molar-refractivity contribution in [3.8, 4) is 0 Å². The maximum atomic E-state index is 12.8. The minimum atomic E-state index is -3.78. The van der Waals surface area contributed by atoms with Gasteiger partial charge in [-0.1, -0.05) is 40.9 Å². The molecule has 1 unspecified atom stereocenters. The summed E-state index contributed by atoms with van der Waals surface area (Å²) in [5, 5.41) is 3.19. The van der Waals surface area contributed by atoms with Crippen LogP contribution in [-0.2, 0) is 14.8 Å². The van der Waals surface area contributed by atoms with Gasteiger partial charge in [0, 0.05) is 6.54 Å². The van der Waals surface area contributed by atoms with Crippen LogP contribution in [0, 0.1) is 0 Å². The van der Waals surface area contributed by atoms with Gasteiger partial charge in [0.25, 0.3) is 10.0 Å². The Morgan fingerprint density at radius 3 is 2.64 bits per heavy atom. The molecule has 1 N–H and O–H groups in total. The first-order chi connectivity index (χ1) is 11.8. The van der Waals surface area contributed by atoms with E-state index in [0.717, 1.165) is 11.3 Å². The average Bonchev–Trinajstić information content (AvgIpc) is 3.21. The second kappa shape index (κ2) is 7.42. The fraction of sp³-hybridized carbons (Fsp3) is 0.267. The second-order valence-corrected chi connectivity index (χ2v) is 10.0. The SMILES string of the molecule is O=C(Nc1cccc(Cl)c1Cl)C1CCCN1S(=O)(=O)c1ccc(Cl)s1. The molecule has 25 heavy (non-hydrogen) atoms. The monoisotopic (exact) mass is 438 g/mol. The topological polar surface area (TPSA) is 66.5 Å². The molecule has 0 saturated carbocycles. The molecule has 2 aromatic rings. The minimum absolute atomic E-state index is 0.123. The number of sulfonamides is 1. The van der Waals surface area contributed by atoms with Crippen molar-refractivity contribution in [3.05, 3.63) is 44.7 Å². The van der Waals surface area contributed by atoms with E-state index in [1.165, 1.54) is 16.4 Å². The number of benzene rings is 1. The molecule has 1 aliphatic heterocycles. The first-order valence-electron chi connectivity index (χ1n) is 7.33. The van der Waals surface area contributed by atoms with Crippen LogP contribution in [0.5, 0.6) is 0 Å². The summed E-state index contributed by atoms with van der Waals surface area (Å²) < 4.78 is 27.3. The van der Waals surface area contributed by atoms with E-state index in [0.29, 0.717) is 27.9 Å². The number of halogens is 3. The zero-order valence-corrected chi connectivity index (χ0v) is 16.6. The highest BCUT2D eigenvalue weighted by Gasteiger charge is 2.40. The molecule has 10 heteroatoms. The maximum absolute atomic E-state index is 12.8. The summed E-state index contributed by atoms with van der Waals surface area (Å²) in [6.07, 6.45) is 1.03. The van der Waals surface area contributed by atoms with Crippen LogP contribution in [0.25, 0.3) is 0 Å². The number of carbonyl (C=O) groups is 1. The van der Waals surface area contributed by atoms with Gasteiger partial charge in [-0.3, -0.25) is 4.79 Å². The highest BCUT2D eigenvalue weighted by Crippen LogP contribution is 2.34. The summed E-state index contributed by atoms with van der Waals surface area (Å²) in [4.78, 5) is 12.6. The number of thiophene rings is 1. The fourth-order valence-electron chi connectivity index (χ4n) is 2.66. The zero-order chi connectivity index (χ0) is 18.2. The number of nitrogens with zero attached hydrogens (tertiary/aromatic N) is 1. The lowest BCUT2D eigenvalue weighted by Crippen LogP contribution is -2.42. The largest absolute Gasteiger partial charge is 0.323 e. The van der Waals surface area contributed by atoms with Crippen LogP contribution < -0.4 is 5.32 Å². The lowest BCUT2D eigenvalue weighted by atomic mass is 10.2. The Kier molecular flexibility index (Phi) is 5.63. The Labute approximate surface area is 164 Å². The van der Waals surface area contributed by atoms with Gasteiger partial charge in [-0.2, -0.15) is 4.31 Å². The predicted octanol–water partition coefficient (Wildman–Crippen LogP) is 4.50. The van der Waals surface area contributed by atoms with Gasteiger partial charge >= 0.3 is 0 Å². The van der Waals surface area contributed by atoms with Gasteiger partial charge < -0.3 is 5.32 Å². The molecule has 1 atom stereocenters. The third kappa shape index (κ3) is 3.82. The average molecular weight is 440 g/mol. The normalized spacial score (nSPS) is 18.4. The molecule has 134 valence electrons. The molecular formula is C15H13Cl3N2O3S2. The van der Waals surface area contributed by atoms with Crippen LogP contribution in [0.15, 0.2) is 34.5 Å². The van der Waals surface area contributed by atoms with E-state index in [4.69, 9.17) is 34.8 Å². The van der Waals surface area contributed by atoms with Crippen molar-refractivity contribution in [2.75, 3.05) is 11.9 Å². The van der Waals surface area contributed by atoms with E-state index in [1.54, 1.807) is 18.2 Å². The number of hydrogen-bond acceptors (Lipinski definition) is 4. The number of anilines is 1. The molecule has 0 bridgehead atoms. The molecule has 1 fully saturated rings. The summed E-state index contributed by atoms with van der Waals surface area (Å²) in [5.41, 5.74) is 0.350. The van der Waals surface area contributed by atoms with Crippen molar-refractivity contribution in [2.45, 2.75) is 23.1 Å². The van der Waals surface area contributed by atoms with E-state index in [1.807, 2.05) is 0 Å². The first-order valence-corrected chi connectivity index (χ1v) is 10.7. The molecule has 0 radical (unpaired) electrons. The molecule has 3 rings (SSSR count). The van der Waals surface area contributed by atoms with Crippen LogP contribution in [0.3, 0.4) is 0 Å². The number of rotatable bonds is 4. The summed E-state index contributed by atoms with van der Waals surface area (Å²) in [6.45, 7) is 0.277. The Bertz CT molecular complexity index is 914. The van der Waals surface area contributed by atoms with Gasteiger partial charge in [-0.25, -0.2) is 8.42 Å². The van der Waals surface area contributed by atoms with E-state index >= 15 is 0 Å². The van der Waals surface area contributed by atoms with Crippen molar-refractivity contribution in [1.82, 2.24) is 4.31 Å². The second-order valence-electron chi connectivity index (χ2n) is 5.42. The number of hydrogen-bond donors (Lipinski definition) is 1. The number of nitrogens with one attached hydrogen (secondary N) is 1. The lowest BCUT2D eigenvalue weighted by molar-refractivity contribution is -0.119. The van der Waals surface area contributed by atoms with E-state index in [2.05, 4.69) is 5.32 Å². The van der Waals surface area contributed by atoms with Crippen molar-refractivity contribution < 1.29 is 13.2 Å². The van der Waals surface area contributed by atoms with E-state index < -0.39 is 22.0 Å². The van der Waals surface area contributed by atoms with Gasteiger partial charge in [0.2, 0.25) is 5.91 Å². The van der Waals surface area contributed by atoms with Crippen molar-refractivity contribution in [2.24, 2.45) is 0 Å². The number of amides is 1. The third-order valence-electron chi connectivity index (χ3n) is 3.83. The van der Waals surface area contributed by atoms with Crippen LogP contribution in [0.4, 0.5) is 5.69 Å². The Hall–Kier alpha value is -0.830. The molecule has 5 nitrogen and oxygen atoms in total. The Balaban J connectivity index is 1.84. The first kappa shape index (κ1) is 18.9. The summed E-state index contributed by atoms with van der Waals surface area (Å²) in [7, 11) is -3.78. The summed E-state index contributed by atoms with van der Waals surface area (Å²) in [5.74, 6) is -0.437. The molecule has 1 saturated heterocycles. The quantitative estimate of drug-likeness (QED) is 0.762. The number of carbonyl (C=O) groups excluding carboxylic acids is 1. The third-order valence-corrected chi connectivity index (χ3v) is 8.25. The predicted molar refractivity (Wildman–Crippen MR) is 101 cm³/mol. The zero-order valence-electron chi connectivity index (χ0n) is 12.7. The van der Waals surface area contributed by atoms with Crippen LogP contribution in [0.1, 0.15) is 12.8 Å². The minimum Gasteiger partial charge on any atom is -0.323 e. The van der Waals surface area contributed by atoms with Crippen molar-refractivity contribution in [3.63, 3.8) is 0 Å². The Morgan fingerprint density at radius 2 is 1.96 bits per heavy atom. The highest BCUT2D eigenvalue weighted by molar-refractivity contribution is 7.91. The molecular weight excluding hydrogens is 427 g/mol. The van der Waals surface area contributed by atoms with Gasteiger partial charge in [0.15, 0.2) is 0 Å². The summed E-state index contributed by atoms with van der Waals surface area (Å²) in [6, 6.07) is 7.03. The Morgan fingerprint density at radius 1 is 1.20 bits per heavy atom. The molecule has 1 aromatic carbocycles. The molecule has 0 aliphatic carbocycles. The highest BCUT2D eigenvalue weighted by atomic mass is 35.5.